The molecule has 0 aliphatic heterocycles. The number of thiophene rings is 1. The molecule has 7 heteroatoms. The molecule has 0 fully saturated rings. The van der Waals surface area contributed by atoms with Crippen LogP contribution in [0.15, 0.2) is 28.1 Å². The van der Waals surface area contributed by atoms with E-state index in [4.69, 9.17) is 0 Å². The van der Waals surface area contributed by atoms with Gasteiger partial charge in [-0.3, -0.25) is 0 Å². The molecule has 0 aliphatic carbocycles. The minimum absolute atomic E-state index is 0.0236. The zero-order valence-corrected chi connectivity index (χ0v) is 12.6. The summed E-state index contributed by atoms with van der Waals surface area (Å²) in [6.45, 7) is 0. The van der Waals surface area contributed by atoms with Gasteiger partial charge in [0.25, 0.3) is 0 Å². The van der Waals surface area contributed by atoms with Gasteiger partial charge in [0, 0.05) is 12.6 Å². The highest BCUT2D eigenvalue weighted by atomic mass is 79.9. The lowest BCUT2D eigenvalue weighted by Gasteiger charge is -2.08. The molecule has 0 unspecified atom stereocenters. The van der Waals surface area contributed by atoms with Crippen molar-refractivity contribution >= 4 is 43.3 Å². The Morgan fingerprint density at radius 2 is 2.00 bits per heavy atom. The van der Waals surface area contributed by atoms with Crippen LogP contribution in [0.3, 0.4) is 0 Å². The van der Waals surface area contributed by atoms with Crippen molar-refractivity contribution in [1.29, 1.82) is 0 Å². The van der Waals surface area contributed by atoms with Crippen molar-refractivity contribution in [2.24, 2.45) is 0 Å². The van der Waals surface area contributed by atoms with E-state index < -0.39 is 11.6 Å². The normalized spacial score (nSPS) is 11.0. The Morgan fingerprint density at radius 1 is 1.20 bits per heavy atom. The highest BCUT2D eigenvalue weighted by Gasteiger charge is 2.16. The molecule has 3 rings (SSSR count). The molecule has 0 atom stereocenters. The van der Waals surface area contributed by atoms with Crippen LogP contribution in [-0.2, 0) is 0 Å². The number of aromatic nitrogens is 2. The quantitative estimate of drug-likeness (QED) is 0.690. The smallest absolute Gasteiger partial charge is 0.173 e. The van der Waals surface area contributed by atoms with E-state index in [2.05, 4.69) is 31.2 Å². The van der Waals surface area contributed by atoms with Crippen molar-refractivity contribution in [2.75, 3.05) is 12.4 Å². The number of hydrogen-bond acceptors (Lipinski definition) is 4. The molecular formula is C13H8BrF2N3S. The Kier molecular flexibility index (Phi) is 3.39. The first-order valence-electron chi connectivity index (χ1n) is 5.68. The Labute approximate surface area is 125 Å². The zero-order valence-electron chi connectivity index (χ0n) is 10.2. The summed E-state index contributed by atoms with van der Waals surface area (Å²) in [7, 11) is 1.75. The van der Waals surface area contributed by atoms with Crippen molar-refractivity contribution in [3.8, 4) is 11.4 Å². The number of rotatable bonds is 2. The van der Waals surface area contributed by atoms with E-state index in [0.717, 1.165) is 16.3 Å². The number of anilines is 1. The topological polar surface area (TPSA) is 37.8 Å². The highest BCUT2D eigenvalue weighted by molar-refractivity contribution is 9.10. The molecule has 0 spiro atoms. The molecule has 2 aromatic heterocycles. The second-order valence-corrected chi connectivity index (χ2v) is 5.70. The fourth-order valence-electron chi connectivity index (χ4n) is 1.87. The monoisotopic (exact) mass is 355 g/mol. The largest absolute Gasteiger partial charge is 0.372 e. The second kappa shape index (κ2) is 5.06. The van der Waals surface area contributed by atoms with Crippen LogP contribution in [0, 0.1) is 11.6 Å². The van der Waals surface area contributed by atoms with E-state index in [9.17, 15) is 8.78 Å². The Balaban J connectivity index is 2.27. The van der Waals surface area contributed by atoms with Crippen LogP contribution in [0.2, 0.25) is 0 Å². The molecule has 0 aliphatic rings. The third-order valence-electron chi connectivity index (χ3n) is 2.84. The number of fused-ring (bicyclic) bond motifs is 1. The Morgan fingerprint density at radius 3 is 2.75 bits per heavy atom. The molecular weight excluding hydrogens is 348 g/mol. The molecule has 0 saturated carbocycles. The van der Waals surface area contributed by atoms with Crippen LogP contribution < -0.4 is 5.32 Å². The lowest BCUT2D eigenvalue weighted by Crippen LogP contribution is -1.99. The van der Waals surface area contributed by atoms with Crippen LogP contribution in [-0.4, -0.2) is 17.0 Å². The summed E-state index contributed by atoms with van der Waals surface area (Å²) in [6.07, 6.45) is 0. The van der Waals surface area contributed by atoms with Gasteiger partial charge in [0.2, 0.25) is 0 Å². The predicted molar refractivity (Wildman–Crippen MR) is 80.0 cm³/mol. The lowest BCUT2D eigenvalue weighted by atomic mass is 10.2. The maximum absolute atomic E-state index is 13.6. The summed E-state index contributed by atoms with van der Waals surface area (Å²) in [6, 6.07) is 4.43. The molecule has 3 aromatic rings. The zero-order chi connectivity index (χ0) is 14.3. The molecule has 0 amide bonds. The molecule has 0 bridgehead atoms. The maximum atomic E-state index is 13.6. The molecule has 3 nitrogen and oxygen atoms in total. The molecule has 0 radical (unpaired) electrons. The number of hydrogen-bond donors (Lipinski definition) is 1. The fraction of sp³-hybridized carbons (Fsp3) is 0.0769. The van der Waals surface area contributed by atoms with Crippen LogP contribution >= 0.6 is 27.3 Å². The van der Waals surface area contributed by atoms with E-state index in [1.807, 2.05) is 11.4 Å². The van der Waals surface area contributed by atoms with Gasteiger partial charge in [0.05, 0.1) is 9.86 Å². The van der Waals surface area contributed by atoms with Crippen molar-refractivity contribution in [3.63, 3.8) is 0 Å². The van der Waals surface area contributed by atoms with E-state index in [1.54, 1.807) is 7.05 Å². The van der Waals surface area contributed by atoms with Gasteiger partial charge in [-0.25, -0.2) is 18.7 Å². The first kappa shape index (κ1) is 13.4. The summed E-state index contributed by atoms with van der Waals surface area (Å²) in [5, 5.41) is 5.79. The minimum Gasteiger partial charge on any atom is -0.372 e. The summed E-state index contributed by atoms with van der Waals surface area (Å²) in [5.74, 6) is -0.854. The average Bonchev–Trinajstić information content (AvgIpc) is 2.92. The number of halogens is 3. The molecule has 1 N–H and O–H groups in total. The van der Waals surface area contributed by atoms with Gasteiger partial charge in [-0.1, -0.05) is 0 Å². The van der Waals surface area contributed by atoms with Gasteiger partial charge in [-0.15, -0.1) is 11.3 Å². The van der Waals surface area contributed by atoms with Crippen molar-refractivity contribution in [3.05, 3.63) is 39.7 Å². The van der Waals surface area contributed by atoms with Crippen LogP contribution in [0.4, 0.5) is 14.6 Å². The SMILES string of the molecule is CNc1nc(-c2ccc(F)c(F)c2Br)nc2sccc12. The molecule has 20 heavy (non-hydrogen) atoms. The Hall–Kier alpha value is -1.60. The summed E-state index contributed by atoms with van der Waals surface area (Å²) >= 11 is 4.52. The number of benzene rings is 1. The molecule has 0 saturated heterocycles. The Bertz CT molecular complexity index is 804. The fourth-order valence-corrected chi connectivity index (χ4v) is 3.13. The van der Waals surface area contributed by atoms with Crippen LogP contribution in [0.5, 0.6) is 0 Å². The summed E-state index contributed by atoms with van der Waals surface area (Å²) < 4.78 is 26.8. The predicted octanol–water partition coefficient (Wildman–Crippen LogP) is 4.44. The average molecular weight is 356 g/mol. The molecule has 1 aromatic carbocycles. The molecule has 102 valence electrons. The lowest BCUT2D eigenvalue weighted by molar-refractivity contribution is 0.504. The van der Waals surface area contributed by atoms with Gasteiger partial charge in [-0.05, 0) is 39.5 Å². The standard InChI is InChI=1S/C13H8BrF2N3S/c1-17-11-7-4-5-20-13(7)19-12(18-11)6-2-3-8(15)10(16)9(6)14/h2-5H,1H3,(H,17,18,19). The second-order valence-electron chi connectivity index (χ2n) is 4.01. The number of nitrogens with one attached hydrogen (secondary N) is 1. The van der Waals surface area contributed by atoms with E-state index in [-0.39, 0.29) is 4.47 Å². The van der Waals surface area contributed by atoms with Gasteiger partial charge < -0.3 is 5.32 Å². The summed E-state index contributed by atoms with van der Waals surface area (Å²) in [5.41, 5.74) is 0.413. The third kappa shape index (κ3) is 2.06. The van der Waals surface area contributed by atoms with Crippen molar-refractivity contribution in [1.82, 2.24) is 9.97 Å². The van der Waals surface area contributed by atoms with Gasteiger partial charge in [0.1, 0.15) is 10.6 Å². The van der Waals surface area contributed by atoms with E-state index in [0.29, 0.717) is 17.2 Å². The highest BCUT2D eigenvalue weighted by Crippen LogP contribution is 2.33. The van der Waals surface area contributed by atoms with Crippen LogP contribution in [0.25, 0.3) is 21.6 Å². The van der Waals surface area contributed by atoms with Gasteiger partial charge in [0.15, 0.2) is 17.5 Å². The van der Waals surface area contributed by atoms with Gasteiger partial charge >= 0.3 is 0 Å². The van der Waals surface area contributed by atoms with Gasteiger partial charge in [-0.2, -0.15) is 0 Å². The third-order valence-corrected chi connectivity index (χ3v) is 4.42. The van der Waals surface area contributed by atoms with E-state index >= 15 is 0 Å². The molecule has 2 heterocycles. The van der Waals surface area contributed by atoms with E-state index in [1.165, 1.54) is 17.4 Å². The first-order chi connectivity index (χ1) is 9.61. The van der Waals surface area contributed by atoms with Crippen LogP contribution in [0.1, 0.15) is 0 Å². The maximum Gasteiger partial charge on any atom is 0.173 e. The first-order valence-corrected chi connectivity index (χ1v) is 7.36. The van der Waals surface area contributed by atoms with Crippen molar-refractivity contribution < 1.29 is 8.78 Å². The van der Waals surface area contributed by atoms with Crippen molar-refractivity contribution in [2.45, 2.75) is 0 Å². The summed E-state index contributed by atoms with van der Waals surface area (Å²) in [4.78, 5) is 9.54. The number of nitrogens with zero attached hydrogens (tertiary/aromatic N) is 2. The minimum atomic E-state index is -0.941.